The topological polar surface area (TPSA) is 62.1 Å². The van der Waals surface area contributed by atoms with Crippen LogP contribution in [0.15, 0.2) is 29.6 Å². The Morgan fingerprint density at radius 2 is 2.25 bits per heavy atom. The van der Waals surface area contributed by atoms with Crippen molar-refractivity contribution < 1.29 is 9.53 Å². The van der Waals surface area contributed by atoms with Crippen LogP contribution >= 0.6 is 11.3 Å². The molecule has 1 aromatic heterocycles. The second-order valence-corrected chi connectivity index (χ2v) is 5.28. The third-order valence-electron chi connectivity index (χ3n) is 2.89. The molecule has 0 aliphatic heterocycles. The number of thiophene rings is 1. The minimum absolute atomic E-state index is 0.351. The Morgan fingerprint density at radius 1 is 1.45 bits per heavy atom. The molecule has 1 heterocycles. The summed E-state index contributed by atoms with van der Waals surface area (Å²) >= 11 is 1.54. The summed E-state index contributed by atoms with van der Waals surface area (Å²) in [4.78, 5) is 12.6. The van der Waals surface area contributed by atoms with Gasteiger partial charge in [-0.1, -0.05) is 6.07 Å². The van der Waals surface area contributed by atoms with Crippen LogP contribution in [0.1, 0.15) is 26.4 Å². The Hall–Kier alpha value is -2.32. The van der Waals surface area contributed by atoms with Gasteiger partial charge in [-0.25, -0.2) is 4.79 Å². The van der Waals surface area contributed by atoms with Gasteiger partial charge in [0.05, 0.1) is 18.2 Å². The third kappa shape index (κ3) is 3.16. The minimum atomic E-state index is -0.351. The highest BCUT2D eigenvalue weighted by molar-refractivity contribution is 7.10. The number of benzene rings is 1. The molecule has 2 aromatic rings. The van der Waals surface area contributed by atoms with Crippen molar-refractivity contribution in [1.29, 1.82) is 5.26 Å². The van der Waals surface area contributed by atoms with Crippen molar-refractivity contribution in [3.8, 4) is 6.07 Å². The van der Waals surface area contributed by atoms with E-state index in [4.69, 9.17) is 10.00 Å². The van der Waals surface area contributed by atoms with Crippen molar-refractivity contribution in [2.24, 2.45) is 0 Å². The molecule has 20 heavy (non-hydrogen) atoms. The van der Waals surface area contributed by atoms with Gasteiger partial charge < -0.3 is 10.1 Å². The van der Waals surface area contributed by atoms with E-state index in [2.05, 4.69) is 11.4 Å². The summed E-state index contributed by atoms with van der Waals surface area (Å²) in [6.07, 6.45) is 0. The molecule has 5 heteroatoms. The zero-order chi connectivity index (χ0) is 14.5. The average Bonchev–Trinajstić information content (AvgIpc) is 2.93. The molecule has 0 unspecified atom stereocenters. The molecule has 1 N–H and O–H groups in total. The molecule has 102 valence electrons. The number of nitriles is 1. The number of aryl methyl sites for hydroxylation is 1. The van der Waals surface area contributed by atoms with E-state index in [0.717, 1.165) is 16.1 Å². The van der Waals surface area contributed by atoms with E-state index in [1.807, 2.05) is 24.4 Å². The van der Waals surface area contributed by atoms with Gasteiger partial charge >= 0.3 is 5.97 Å². The van der Waals surface area contributed by atoms with Crippen LogP contribution in [0.5, 0.6) is 0 Å². The molecule has 0 saturated heterocycles. The zero-order valence-electron chi connectivity index (χ0n) is 11.3. The van der Waals surface area contributed by atoms with E-state index in [-0.39, 0.29) is 5.97 Å². The van der Waals surface area contributed by atoms with Gasteiger partial charge in [-0.05, 0) is 30.7 Å². The number of ether oxygens (including phenoxy) is 1. The van der Waals surface area contributed by atoms with Gasteiger partial charge in [0.2, 0.25) is 0 Å². The zero-order valence-corrected chi connectivity index (χ0v) is 12.1. The lowest BCUT2D eigenvalue weighted by Crippen LogP contribution is -2.04. The van der Waals surface area contributed by atoms with Gasteiger partial charge in [-0.2, -0.15) is 5.26 Å². The predicted molar refractivity (Wildman–Crippen MR) is 78.9 cm³/mol. The van der Waals surface area contributed by atoms with E-state index in [0.29, 0.717) is 17.7 Å². The molecular formula is C15H14N2O2S. The largest absolute Gasteiger partial charge is 0.465 e. The van der Waals surface area contributed by atoms with Crippen molar-refractivity contribution in [2.75, 3.05) is 12.4 Å². The molecule has 0 saturated carbocycles. The molecule has 1 aromatic carbocycles. The molecule has 0 fully saturated rings. The summed E-state index contributed by atoms with van der Waals surface area (Å²) in [5, 5.41) is 13.9. The number of carbonyl (C=O) groups is 1. The Balaban J connectivity index is 2.12. The molecule has 2 rings (SSSR count). The average molecular weight is 286 g/mol. The Kier molecular flexibility index (Phi) is 4.38. The van der Waals surface area contributed by atoms with E-state index in [1.165, 1.54) is 18.4 Å². The van der Waals surface area contributed by atoms with Crippen LogP contribution in [0.4, 0.5) is 5.69 Å². The van der Waals surface area contributed by atoms with E-state index in [1.54, 1.807) is 12.1 Å². The van der Waals surface area contributed by atoms with Crippen molar-refractivity contribution in [3.05, 3.63) is 51.2 Å². The van der Waals surface area contributed by atoms with Crippen LogP contribution in [0.2, 0.25) is 0 Å². The summed E-state index contributed by atoms with van der Waals surface area (Å²) in [6.45, 7) is 2.59. The second kappa shape index (κ2) is 6.22. The molecule has 0 aliphatic carbocycles. The fraction of sp³-hybridized carbons (Fsp3) is 0.200. The van der Waals surface area contributed by atoms with Crippen molar-refractivity contribution in [1.82, 2.24) is 0 Å². The number of rotatable bonds is 4. The maximum absolute atomic E-state index is 11.5. The molecule has 0 spiro atoms. The molecular weight excluding hydrogens is 272 g/mol. The van der Waals surface area contributed by atoms with Gasteiger partial charge in [0.15, 0.2) is 0 Å². The normalized spacial score (nSPS) is 9.85. The Bertz CT molecular complexity index is 671. The smallest absolute Gasteiger partial charge is 0.337 e. The van der Waals surface area contributed by atoms with Crippen LogP contribution < -0.4 is 5.32 Å². The van der Waals surface area contributed by atoms with E-state index < -0.39 is 0 Å². The van der Waals surface area contributed by atoms with Crippen LogP contribution in [-0.4, -0.2) is 13.1 Å². The number of hydrogen-bond acceptors (Lipinski definition) is 5. The van der Waals surface area contributed by atoms with Crippen LogP contribution in [0, 0.1) is 18.3 Å². The lowest BCUT2D eigenvalue weighted by molar-refractivity contribution is 0.0601. The highest BCUT2D eigenvalue weighted by atomic mass is 32.1. The number of anilines is 1. The first-order chi connectivity index (χ1) is 9.63. The maximum Gasteiger partial charge on any atom is 0.337 e. The molecule has 0 atom stereocenters. The summed E-state index contributed by atoms with van der Waals surface area (Å²) in [5.74, 6) is -0.351. The number of nitrogens with zero attached hydrogens (tertiary/aromatic N) is 1. The quantitative estimate of drug-likeness (QED) is 0.876. The third-order valence-corrected chi connectivity index (χ3v) is 3.83. The minimum Gasteiger partial charge on any atom is -0.465 e. The molecule has 4 nitrogen and oxygen atoms in total. The van der Waals surface area contributed by atoms with E-state index >= 15 is 0 Å². The van der Waals surface area contributed by atoms with Gasteiger partial charge in [0, 0.05) is 22.5 Å². The van der Waals surface area contributed by atoms with Crippen LogP contribution in [0.3, 0.4) is 0 Å². The highest BCUT2D eigenvalue weighted by Gasteiger charge is 2.08. The van der Waals surface area contributed by atoms with Crippen molar-refractivity contribution >= 4 is 23.0 Å². The number of carbonyl (C=O) groups excluding carboxylic acids is 1. The monoisotopic (exact) mass is 286 g/mol. The summed E-state index contributed by atoms with van der Waals surface area (Å²) in [7, 11) is 1.37. The maximum atomic E-state index is 11.5. The number of esters is 1. The number of methoxy groups -OCH3 is 1. The first-order valence-corrected chi connectivity index (χ1v) is 6.92. The van der Waals surface area contributed by atoms with E-state index in [9.17, 15) is 4.79 Å². The summed E-state index contributed by atoms with van der Waals surface area (Å²) in [6, 6.07) is 9.37. The van der Waals surface area contributed by atoms with Crippen LogP contribution in [-0.2, 0) is 11.3 Å². The second-order valence-electron chi connectivity index (χ2n) is 4.29. The van der Waals surface area contributed by atoms with Crippen molar-refractivity contribution in [3.63, 3.8) is 0 Å². The Morgan fingerprint density at radius 3 is 2.90 bits per heavy atom. The van der Waals surface area contributed by atoms with Gasteiger partial charge in [-0.15, -0.1) is 11.3 Å². The molecule has 0 aliphatic rings. The van der Waals surface area contributed by atoms with Gasteiger partial charge in [-0.3, -0.25) is 0 Å². The molecule has 0 bridgehead atoms. The Labute approximate surface area is 121 Å². The van der Waals surface area contributed by atoms with Crippen LogP contribution in [0.25, 0.3) is 0 Å². The van der Waals surface area contributed by atoms with Gasteiger partial charge in [0.25, 0.3) is 0 Å². The SMILES string of the molecule is COC(=O)c1ccc(C)c(NCc2cc(C#N)cs2)c1. The molecule has 0 amide bonds. The van der Waals surface area contributed by atoms with Crippen molar-refractivity contribution in [2.45, 2.75) is 13.5 Å². The standard InChI is InChI=1S/C15H14N2O2S/c1-10-3-4-12(15(18)19-2)6-14(10)17-8-13-5-11(7-16)9-20-13/h3-6,9,17H,8H2,1-2H3. The van der Waals surface area contributed by atoms with Gasteiger partial charge in [0.1, 0.15) is 6.07 Å². The lowest BCUT2D eigenvalue weighted by atomic mass is 10.1. The lowest BCUT2D eigenvalue weighted by Gasteiger charge is -2.10. The molecule has 0 radical (unpaired) electrons. The fourth-order valence-electron chi connectivity index (χ4n) is 1.77. The first-order valence-electron chi connectivity index (χ1n) is 6.04. The summed E-state index contributed by atoms with van der Waals surface area (Å²) < 4.78 is 4.71. The summed E-state index contributed by atoms with van der Waals surface area (Å²) in [5.41, 5.74) is 3.13. The highest BCUT2D eigenvalue weighted by Crippen LogP contribution is 2.20. The predicted octanol–water partition coefficient (Wildman–Crippen LogP) is 3.33. The number of hydrogen-bond donors (Lipinski definition) is 1. The fourth-order valence-corrected chi connectivity index (χ4v) is 2.52. The number of nitrogens with one attached hydrogen (secondary N) is 1. The first kappa shape index (κ1) is 14.1.